The van der Waals surface area contributed by atoms with Gasteiger partial charge in [-0.2, -0.15) is 0 Å². The lowest BCUT2D eigenvalue weighted by molar-refractivity contribution is -0.127. The van der Waals surface area contributed by atoms with Crippen molar-refractivity contribution in [1.29, 1.82) is 0 Å². The van der Waals surface area contributed by atoms with E-state index in [0.717, 1.165) is 19.3 Å². The fourth-order valence-corrected chi connectivity index (χ4v) is 1.47. The highest BCUT2D eigenvalue weighted by Gasteiger charge is 2.17. The number of nitrogens with two attached hydrogens (primary N) is 1. The van der Waals surface area contributed by atoms with Crippen molar-refractivity contribution in [3.05, 3.63) is 0 Å². The maximum Gasteiger partial charge on any atom is 0.217 e. The van der Waals surface area contributed by atoms with Crippen LogP contribution in [0.4, 0.5) is 0 Å². The fraction of sp³-hybridized carbons (Fsp3) is 0.818. The van der Waals surface area contributed by atoms with Crippen LogP contribution in [0.15, 0.2) is 0 Å². The quantitative estimate of drug-likeness (QED) is 0.592. The number of ketones is 1. The molecule has 0 aliphatic carbocycles. The predicted octanol–water partition coefficient (Wildman–Crippen LogP) is 0.989. The Morgan fingerprint density at radius 2 is 2.00 bits per heavy atom. The minimum atomic E-state index is -0.311. The van der Waals surface area contributed by atoms with Gasteiger partial charge in [0.2, 0.25) is 5.91 Å². The van der Waals surface area contributed by atoms with Gasteiger partial charge in [0, 0.05) is 13.3 Å². The van der Waals surface area contributed by atoms with E-state index in [1.165, 1.54) is 6.92 Å². The molecule has 0 aromatic heterocycles. The van der Waals surface area contributed by atoms with Gasteiger partial charge in [0.25, 0.3) is 0 Å². The SMILES string of the molecule is CCCC(=O)C(CCCCN)NC(C)=O. The first-order valence-electron chi connectivity index (χ1n) is 5.61. The minimum absolute atomic E-state index is 0.129. The smallest absolute Gasteiger partial charge is 0.217 e. The van der Waals surface area contributed by atoms with E-state index in [2.05, 4.69) is 5.32 Å². The average molecular weight is 214 g/mol. The summed E-state index contributed by atoms with van der Waals surface area (Å²) in [5.41, 5.74) is 5.38. The maximum absolute atomic E-state index is 11.6. The monoisotopic (exact) mass is 214 g/mol. The second kappa shape index (κ2) is 8.41. The maximum atomic E-state index is 11.6. The van der Waals surface area contributed by atoms with Gasteiger partial charge in [-0.25, -0.2) is 0 Å². The van der Waals surface area contributed by atoms with Crippen LogP contribution in [0.2, 0.25) is 0 Å². The summed E-state index contributed by atoms with van der Waals surface area (Å²) in [6.07, 6.45) is 3.85. The third-order valence-electron chi connectivity index (χ3n) is 2.21. The van der Waals surface area contributed by atoms with Crippen LogP contribution in [-0.2, 0) is 9.59 Å². The molecule has 0 heterocycles. The van der Waals surface area contributed by atoms with Crippen molar-refractivity contribution >= 4 is 11.7 Å². The van der Waals surface area contributed by atoms with E-state index in [1.807, 2.05) is 6.92 Å². The molecular weight excluding hydrogens is 192 g/mol. The number of carbonyl (C=O) groups is 2. The third kappa shape index (κ3) is 7.08. The molecule has 0 aliphatic rings. The number of hydrogen-bond donors (Lipinski definition) is 2. The molecule has 0 radical (unpaired) electrons. The zero-order valence-electron chi connectivity index (χ0n) is 9.71. The Hall–Kier alpha value is -0.900. The summed E-state index contributed by atoms with van der Waals surface area (Å²) in [6.45, 7) is 4.03. The van der Waals surface area contributed by atoms with Gasteiger partial charge in [-0.1, -0.05) is 6.92 Å². The van der Waals surface area contributed by atoms with E-state index in [9.17, 15) is 9.59 Å². The fourth-order valence-electron chi connectivity index (χ4n) is 1.47. The van der Waals surface area contributed by atoms with E-state index in [-0.39, 0.29) is 17.7 Å². The van der Waals surface area contributed by atoms with E-state index in [4.69, 9.17) is 5.73 Å². The van der Waals surface area contributed by atoms with Gasteiger partial charge in [-0.3, -0.25) is 9.59 Å². The lowest BCUT2D eigenvalue weighted by Crippen LogP contribution is -2.39. The summed E-state index contributed by atoms with van der Waals surface area (Å²) in [7, 11) is 0. The van der Waals surface area contributed by atoms with Crippen LogP contribution < -0.4 is 11.1 Å². The molecule has 4 nitrogen and oxygen atoms in total. The molecule has 0 aromatic rings. The third-order valence-corrected chi connectivity index (χ3v) is 2.21. The van der Waals surface area contributed by atoms with Crippen molar-refractivity contribution in [1.82, 2.24) is 5.32 Å². The number of carbonyl (C=O) groups excluding carboxylic acids is 2. The largest absolute Gasteiger partial charge is 0.347 e. The summed E-state index contributed by atoms with van der Waals surface area (Å²) in [5, 5.41) is 2.69. The van der Waals surface area contributed by atoms with Crippen molar-refractivity contribution in [2.45, 2.75) is 52.0 Å². The molecule has 88 valence electrons. The Balaban J connectivity index is 4.05. The minimum Gasteiger partial charge on any atom is -0.347 e. The molecule has 1 unspecified atom stereocenters. The van der Waals surface area contributed by atoms with Crippen molar-refractivity contribution in [2.24, 2.45) is 5.73 Å². The van der Waals surface area contributed by atoms with Crippen LogP contribution in [0.5, 0.6) is 0 Å². The van der Waals surface area contributed by atoms with Crippen molar-refractivity contribution in [2.75, 3.05) is 6.54 Å². The lowest BCUT2D eigenvalue weighted by Gasteiger charge is -2.16. The summed E-state index contributed by atoms with van der Waals surface area (Å²) in [5.74, 6) is -0.0121. The van der Waals surface area contributed by atoms with Gasteiger partial charge in [0.05, 0.1) is 6.04 Å². The molecule has 0 saturated heterocycles. The normalized spacial score (nSPS) is 12.2. The molecule has 0 rings (SSSR count). The second-order valence-electron chi connectivity index (χ2n) is 3.75. The highest BCUT2D eigenvalue weighted by Crippen LogP contribution is 2.05. The number of nitrogens with one attached hydrogen (secondary N) is 1. The van der Waals surface area contributed by atoms with E-state index in [1.54, 1.807) is 0 Å². The second-order valence-corrected chi connectivity index (χ2v) is 3.75. The average Bonchev–Trinajstić information content (AvgIpc) is 2.16. The Labute approximate surface area is 91.6 Å². The molecule has 0 aliphatic heterocycles. The van der Waals surface area contributed by atoms with Gasteiger partial charge in [0.1, 0.15) is 0 Å². The Kier molecular flexibility index (Phi) is 7.91. The van der Waals surface area contributed by atoms with Crippen LogP contribution in [-0.4, -0.2) is 24.3 Å². The highest BCUT2D eigenvalue weighted by molar-refractivity contribution is 5.88. The molecule has 1 atom stereocenters. The Morgan fingerprint density at radius 1 is 1.33 bits per heavy atom. The van der Waals surface area contributed by atoms with Gasteiger partial charge in [-0.05, 0) is 32.2 Å². The van der Waals surface area contributed by atoms with E-state index < -0.39 is 0 Å². The molecule has 0 spiro atoms. The van der Waals surface area contributed by atoms with E-state index in [0.29, 0.717) is 19.4 Å². The van der Waals surface area contributed by atoms with Gasteiger partial charge < -0.3 is 11.1 Å². The van der Waals surface area contributed by atoms with Crippen LogP contribution in [0.3, 0.4) is 0 Å². The summed E-state index contributed by atoms with van der Waals surface area (Å²) < 4.78 is 0. The molecule has 0 bridgehead atoms. The van der Waals surface area contributed by atoms with Gasteiger partial charge in [-0.15, -0.1) is 0 Å². The molecule has 0 saturated carbocycles. The molecule has 3 N–H and O–H groups in total. The zero-order valence-corrected chi connectivity index (χ0v) is 9.71. The van der Waals surface area contributed by atoms with Crippen molar-refractivity contribution in [3.63, 3.8) is 0 Å². The Morgan fingerprint density at radius 3 is 2.47 bits per heavy atom. The standard InChI is InChI=1S/C11H22N2O2/c1-3-6-11(15)10(13-9(2)14)7-4-5-8-12/h10H,3-8,12H2,1-2H3,(H,13,14). The van der Waals surface area contributed by atoms with Crippen LogP contribution in [0.1, 0.15) is 46.0 Å². The lowest BCUT2D eigenvalue weighted by atomic mass is 10.0. The summed E-state index contributed by atoms with van der Waals surface area (Å²) >= 11 is 0. The molecular formula is C11H22N2O2. The van der Waals surface area contributed by atoms with Crippen LogP contribution in [0, 0.1) is 0 Å². The van der Waals surface area contributed by atoms with Crippen molar-refractivity contribution < 1.29 is 9.59 Å². The first kappa shape index (κ1) is 14.1. The first-order valence-corrected chi connectivity index (χ1v) is 5.61. The molecule has 15 heavy (non-hydrogen) atoms. The number of rotatable bonds is 8. The Bertz CT molecular complexity index is 205. The number of unbranched alkanes of at least 4 members (excludes halogenated alkanes) is 1. The number of amides is 1. The highest BCUT2D eigenvalue weighted by atomic mass is 16.2. The molecule has 1 amide bonds. The van der Waals surface area contributed by atoms with Gasteiger partial charge in [0.15, 0.2) is 5.78 Å². The first-order chi connectivity index (χ1) is 7.11. The van der Waals surface area contributed by atoms with Crippen LogP contribution >= 0.6 is 0 Å². The predicted molar refractivity (Wildman–Crippen MR) is 60.4 cm³/mol. The number of hydrogen-bond acceptors (Lipinski definition) is 3. The molecule has 0 fully saturated rings. The van der Waals surface area contributed by atoms with Crippen LogP contribution in [0.25, 0.3) is 0 Å². The molecule has 0 aromatic carbocycles. The summed E-state index contributed by atoms with van der Waals surface area (Å²) in [4.78, 5) is 22.5. The van der Waals surface area contributed by atoms with Crippen molar-refractivity contribution in [3.8, 4) is 0 Å². The number of Topliss-reactive ketones (excluding diaryl/α,β-unsaturated/α-hetero) is 1. The zero-order chi connectivity index (χ0) is 11.7. The molecule has 4 heteroatoms. The summed E-state index contributed by atoms with van der Waals surface area (Å²) in [6, 6.07) is -0.311. The topological polar surface area (TPSA) is 72.2 Å². The van der Waals surface area contributed by atoms with Gasteiger partial charge >= 0.3 is 0 Å². The van der Waals surface area contributed by atoms with E-state index >= 15 is 0 Å².